The van der Waals surface area contributed by atoms with E-state index in [9.17, 15) is 9.90 Å². The zero-order chi connectivity index (χ0) is 19.7. The lowest BCUT2D eigenvalue weighted by molar-refractivity contribution is -0.186. The predicted molar refractivity (Wildman–Crippen MR) is 106 cm³/mol. The van der Waals surface area contributed by atoms with E-state index in [2.05, 4.69) is 17.2 Å². The van der Waals surface area contributed by atoms with Gasteiger partial charge in [0.1, 0.15) is 6.54 Å². The summed E-state index contributed by atoms with van der Waals surface area (Å²) in [6, 6.07) is 12.1. The molecule has 150 valence electrons. The quantitative estimate of drug-likeness (QED) is 0.885. The molecule has 1 spiro atoms. The van der Waals surface area contributed by atoms with Gasteiger partial charge in [0.25, 0.3) is 0 Å². The number of aryl methyl sites for hydroxylation is 2. The third kappa shape index (κ3) is 3.98. The Morgan fingerprint density at radius 2 is 1.96 bits per heavy atom. The van der Waals surface area contributed by atoms with E-state index in [1.165, 1.54) is 0 Å². The molecule has 1 N–H and O–H groups in total. The number of likely N-dealkylation sites (tertiary alicyclic amines) is 1. The Morgan fingerprint density at radius 3 is 2.61 bits per heavy atom. The Balaban J connectivity index is 1.39. The fourth-order valence-electron chi connectivity index (χ4n) is 4.58. The summed E-state index contributed by atoms with van der Waals surface area (Å²) in [5, 5.41) is 14.9. The van der Waals surface area contributed by atoms with Gasteiger partial charge in [0.15, 0.2) is 0 Å². The van der Waals surface area contributed by atoms with Gasteiger partial charge in [0.05, 0.1) is 23.5 Å². The normalized spacial score (nSPS) is 24.5. The van der Waals surface area contributed by atoms with Crippen LogP contribution in [-0.2, 0) is 16.1 Å². The number of piperidine rings is 1. The second-order valence-corrected chi connectivity index (χ2v) is 8.26. The van der Waals surface area contributed by atoms with Gasteiger partial charge in [-0.05, 0) is 38.3 Å². The molecule has 1 aromatic carbocycles. The van der Waals surface area contributed by atoms with Crippen molar-refractivity contribution < 1.29 is 14.6 Å². The van der Waals surface area contributed by atoms with E-state index in [1.807, 2.05) is 43.0 Å². The molecule has 0 aliphatic carbocycles. The van der Waals surface area contributed by atoms with Crippen molar-refractivity contribution in [1.82, 2.24) is 14.7 Å². The van der Waals surface area contributed by atoms with Crippen molar-refractivity contribution in [2.24, 2.45) is 0 Å². The molecule has 1 amide bonds. The first-order valence-electron chi connectivity index (χ1n) is 10.1. The minimum absolute atomic E-state index is 0.0816. The molecular formula is C22H29N3O3. The van der Waals surface area contributed by atoms with Crippen LogP contribution in [0.1, 0.15) is 48.7 Å². The van der Waals surface area contributed by atoms with E-state index >= 15 is 0 Å². The number of benzene rings is 1. The van der Waals surface area contributed by atoms with E-state index in [0.717, 1.165) is 29.8 Å². The van der Waals surface area contributed by atoms with Gasteiger partial charge in [-0.1, -0.05) is 30.3 Å². The summed E-state index contributed by atoms with van der Waals surface area (Å²) >= 11 is 0. The van der Waals surface area contributed by atoms with Crippen LogP contribution >= 0.6 is 0 Å². The van der Waals surface area contributed by atoms with Crippen LogP contribution in [0.4, 0.5) is 0 Å². The van der Waals surface area contributed by atoms with E-state index in [0.29, 0.717) is 25.9 Å². The highest BCUT2D eigenvalue weighted by atomic mass is 16.5. The highest BCUT2D eigenvalue weighted by Crippen LogP contribution is 2.42. The maximum atomic E-state index is 12.7. The molecule has 28 heavy (non-hydrogen) atoms. The zero-order valence-electron chi connectivity index (χ0n) is 16.7. The Hall–Kier alpha value is -2.18. The second-order valence-electron chi connectivity index (χ2n) is 8.26. The molecule has 2 fully saturated rings. The number of aliphatic hydroxyl groups is 1. The van der Waals surface area contributed by atoms with Gasteiger partial charge < -0.3 is 14.7 Å². The fraction of sp³-hybridized carbons (Fsp3) is 0.545. The van der Waals surface area contributed by atoms with Crippen LogP contribution in [0.3, 0.4) is 0 Å². The SMILES string of the molecule is Cc1cc(C)n(CC(=O)N2CCC3(CC2)C[C@H](O)C[C@H](c2ccccc2)O3)n1. The van der Waals surface area contributed by atoms with Crippen molar-refractivity contribution >= 4 is 5.91 Å². The minimum Gasteiger partial charge on any atom is -0.393 e. The van der Waals surface area contributed by atoms with Crippen molar-refractivity contribution in [3.8, 4) is 0 Å². The first-order chi connectivity index (χ1) is 13.4. The maximum Gasteiger partial charge on any atom is 0.244 e. The predicted octanol–water partition coefficient (Wildman–Crippen LogP) is 2.77. The number of carbonyl (C=O) groups excluding carboxylic acids is 1. The fourth-order valence-corrected chi connectivity index (χ4v) is 4.58. The van der Waals surface area contributed by atoms with Crippen LogP contribution < -0.4 is 0 Å². The van der Waals surface area contributed by atoms with Crippen LogP contribution in [0.15, 0.2) is 36.4 Å². The molecule has 6 heteroatoms. The molecule has 6 nitrogen and oxygen atoms in total. The number of rotatable bonds is 3. The molecule has 2 atom stereocenters. The lowest BCUT2D eigenvalue weighted by Gasteiger charge is -2.48. The smallest absolute Gasteiger partial charge is 0.244 e. The molecule has 0 saturated carbocycles. The maximum absolute atomic E-state index is 12.7. The van der Waals surface area contributed by atoms with Gasteiger partial charge in [-0.3, -0.25) is 9.48 Å². The summed E-state index contributed by atoms with van der Waals surface area (Å²) in [6.07, 6.45) is 2.35. The van der Waals surface area contributed by atoms with Crippen molar-refractivity contribution in [3.05, 3.63) is 53.3 Å². The summed E-state index contributed by atoms with van der Waals surface area (Å²) in [6.45, 7) is 5.51. The third-order valence-electron chi connectivity index (χ3n) is 6.07. The van der Waals surface area contributed by atoms with Crippen molar-refractivity contribution in [1.29, 1.82) is 0 Å². The largest absolute Gasteiger partial charge is 0.393 e. The van der Waals surface area contributed by atoms with Crippen LogP contribution in [0.5, 0.6) is 0 Å². The van der Waals surface area contributed by atoms with Crippen molar-refractivity contribution in [2.45, 2.75) is 63.9 Å². The molecular weight excluding hydrogens is 354 g/mol. The topological polar surface area (TPSA) is 67.6 Å². The summed E-state index contributed by atoms with van der Waals surface area (Å²) < 4.78 is 8.30. The Bertz CT molecular complexity index is 825. The Kier molecular flexibility index (Phi) is 5.25. The lowest BCUT2D eigenvalue weighted by Crippen LogP contribution is -2.52. The Morgan fingerprint density at radius 1 is 1.25 bits per heavy atom. The van der Waals surface area contributed by atoms with Crippen LogP contribution in [-0.4, -0.2) is 50.5 Å². The number of amides is 1. The number of hydrogen-bond acceptors (Lipinski definition) is 4. The number of carbonyl (C=O) groups is 1. The van der Waals surface area contributed by atoms with Gasteiger partial charge in [-0.2, -0.15) is 5.10 Å². The van der Waals surface area contributed by atoms with Gasteiger partial charge in [-0.25, -0.2) is 0 Å². The second kappa shape index (κ2) is 7.68. The molecule has 0 unspecified atom stereocenters. The Labute approximate surface area is 166 Å². The molecule has 1 aromatic heterocycles. The summed E-state index contributed by atoms with van der Waals surface area (Å²) in [4.78, 5) is 14.6. The average Bonchev–Trinajstić information content (AvgIpc) is 2.99. The molecule has 0 bridgehead atoms. The number of aromatic nitrogens is 2. The van der Waals surface area contributed by atoms with Gasteiger partial charge in [-0.15, -0.1) is 0 Å². The van der Waals surface area contributed by atoms with Crippen LogP contribution in [0.25, 0.3) is 0 Å². The van der Waals surface area contributed by atoms with Crippen LogP contribution in [0, 0.1) is 13.8 Å². The first-order valence-corrected chi connectivity index (χ1v) is 10.1. The van der Waals surface area contributed by atoms with E-state index < -0.39 is 0 Å². The molecule has 2 saturated heterocycles. The number of aliphatic hydroxyl groups excluding tert-OH is 1. The molecule has 2 aliphatic heterocycles. The summed E-state index contributed by atoms with van der Waals surface area (Å²) in [5.41, 5.74) is 2.71. The van der Waals surface area contributed by atoms with Gasteiger partial charge >= 0.3 is 0 Å². The first kappa shape index (κ1) is 19.2. The molecule has 3 heterocycles. The molecule has 0 radical (unpaired) electrons. The number of hydrogen-bond donors (Lipinski definition) is 1. The van der Waals surface area contributed by atoms with E-state index in [4.69, 9.17) is 4.74 Å². The lowest BCUT2D eigenvalue weighted by atomic mass is 9.81. The van der Waals surface area contributed by atoms with Crippen LogP contribution in [0.2, 0.25) is 0 Å². The molecule has 2 aliphatic rings. The highest BCUT2D eigenvalue weighted by Gasteiger charge is 2.44. The summed E-state index contributed by atoms with van der Waals surface area (Å²) in [5.74, 6) is 0.0945. The monoisotopic (exact) mass is 383 g/mol. The number of nitrogens with zero attached hydrogens (tertiary/aromatic N) is 3. The van der Waals surface area contributed by atoms with Crippen molar-refractivity contribution in [2.75, 3.05) is 13.1 Å². The zero-order valence-corrected chi connectivity index (χ0v) is 16.7. The minimum atomic E-state index is -0.365. The highest BCUT2D eigenvalue weighted by molar-refractivity contribution is 5.76. The van der Waals surface area contributed by atoms with Gasteiger partial charge in [0.2, 0.25) is 5.91 Å². The average molecular weight is 383 g/mol. The molecule has 2 aromatic rings. The standard InChI is InChI=1S/C22H29N3O3/c1-16-12-17(2)25(23-16)15-21(27)24-10-8-22(9-11-24)14-19(26)13-20(28-22)18-6-4-3-5-7-18/h3-7,12,19-20,26H,8-11,13-15H2,1-2H3/t19-,20-/m1/s1. The van der Waals surface area contributed by atoms with E-state index in [-0.39, 0.29) is 30.3 Å². The van der Waals surface area contributed by atoms with Crippen molar-refractivity contribution in [3.63, 3.8) is 0 Å². The van der Waals surface area contributed by atoms with Gasteiger partial charge in [0, 0.05) is 31.6 Å². The summed E-state index contributed by atoms with van der Waals surface area (Å²) in [7, 11) is 0. The van der Waals surface area contributed by atoms with E-state index in [1.54, 1.807) is 4.68 Å². The third-order valence-corrected chi connectivity index (χ3v) is 6.07. The molecule has 4 rings (SSSR count). The number of ether oxygens (including phenoxy) is 1.